The number of rotatable bonds is 3. The van der Waals surface area contributed by atoms with Crippen LogP contribution in [0.15, 0.2) is 28.8 Å². The number of carbonyl (C=O) groups is 1. The van der Waals surface area contributed by atoms with E-state index in [2.05, 4.69) is 50.9 Å². The van der Waals surface area contributed by atoms with E-state index in [4.69, 9.17) is 0 Å². The molecule has 0 amide bonds. The van der Waals surface area contributed by atoms with Crippen LogP contribution in [0.2, 0.25) is 0 Å². The van der Waals surface area contributed by atoms with Gasteiger partial charge in [-0.1, -0.05) is 32.1 Å². The highest BCUT2D eigenvalue weighted by Gasteiger charge is 2.21. The van der Waals surface area contributed by atoms with Gasteiger partial charge < -0.3 is 0 Å². The Balaban J connectivity index is 3.11. The highest BCUT2D eigenvalue weighted by molar-refractivity contribution is 5.79. The Hall–Kier alpha value is -1.18. The molecule has 0 aromatic carbocycles. The molecule has 17 heavy (non-hydrogen) atoms. The Morgan fingerprint density at radius 2 is 2.00 bits per heavy atom. The molecule has 0 bridgehead atoms. The Kier molecular flexibility index (Phi) is 4.07. The monoisotopic (exact) mass is 233 g/mol. The van der Waals surface area contributed by atoms with Gasteiger partial charge in [0.15, 0.2) is 0 Å². The second-order valence-corrected chi connectivity index (χ2v) is 5.70. The Bertz CT molecular complexity index is 388. The number of hydrogen-bond acceptors (Lipinski definition) is 2. The summed E-state index contributed by atoms with van der Waals surface area (Å²) in [7, 11) is 0. The normalized spacial score (nSPS) is 27.2. The van der Waals surface area contributed by atoms with Gasteiger partial charge in [0, 0.05) is 18.1 Å². The van der Waals surface area contributed by atoms with Crippen LogP contribution in [0, 0.1) is 5.41 Å². The van der Waals surface area contributed by atoms with E-state index in [0.29, 0.717) is 6.42 Å². The molecule has 1 rings (SSSR count). The maximum Gasteiger partial charge on any atom is 0.134 e. The third-order valence-electron chi connectivity index (χ3n) is 3.12. The lowest BCUT2D eigenvalue weighted by Crippen LogP contribution is -2.22. The molecular weight excluding hydrogens is 210 g/mol. The van der Waals surface area contributed by atoms with Crippen molar-refractivity contribution in [2.45, 2.75) is 53.0 Å². The van der Waals surface area contributed by atoms with Gasteiger partial charge in [-0.25, -0.2) is 0 Å². The lowest BCUT2D eigenvalue weighted by Gasteiger charge is -2.25. The molecule has 2 heteroatoms. The number of hydrogen-bond donors (Lipinski definition) is 0. The molecular formula is C15H23NO. The minimum absolute atomic E-state index is 0.00638. The van der Waals surface area contributed by atoms with Crippen LogP contribution in [-0.2, 0) is 4.79 Å². The topological polar surface area (TPSA) is 29.4 Å². The van der Waals surface area contributed by atoms with Crippen molar-refractivity contribution in [3.63, 3.8) is 0 Å². The van der Waals surface area contributed by atoms with Crippen molar-refractivity contribution < 1.29 is 4.79 Å². The smallest absolute Gasteiger partial charge is 0.134 e. The lowest BCUT2D eigenvalue weighted by molar-refractivity contribution is -0.116. The van der Waals surface area contributed by atoms with Crippen LogP contribution >= 0.6 is 0 Å². The number of ketones is 1. The van der Waals surface area contributed by atoms with Crippen LogP contribution in [0.1, 0.15) is 47.5 Å². The molecule has 2 nitrogen and oxygen atoms in total. The molecule has 1 unspecified atom stereocenters. The van der Waals surface area contributed by atoms with Gasteiger partial charge in [-0.3, -0.25) is 9.79 Å². The second-order valence-electron chi connectivity index (χ2n) is 5.70. The van der Waals surface area contributed by atoms with Gasteiger partial charge in [0.05, 0.1) is 5.54 Å². The van der Waals surface area contributed by atoms with Crippen molar-refractivity contribution in [2.24, 2.45) is 10.4 Å². The molecule has 0 fully saturated rings. The Labute approximate surface area is 105 Å². The fraction of sp³-hybridized carbons (Fsp3) is 0.600. The average molecular weight is 233 g/mol. The number of nitrogens with zero attached hydrogens (tertiary/aromatic N) is 1. The maximum absolute atomic E-state index is 11.2. The summed E-state index contributed by atoms with van der Waals surface area (Å²) < 4.78 is 0. The van der Waals surface area contributed by atoms with Crippen LogP contribution in [0.4, 0.5) is 0 Å². The van der Waals surface area contributed by atoms with Gasteiger partial charge in [-0.05, 0) is 32.8 Å². The zero-order valence-electron chi connectivity index (χ0n) is 11.6. The summed E-state index contributed by atoms with van der Waals surface area (Å²) in [5.74, 6) is 0.194. The lowest BCUT2D eigenvalue weighted by atomic mass is 9.85. The van der Waals surface area contributed by atoms with Crippen LogP contribution in [0.25, 0.3) is 0 Å². The average Bonchev–Trinajstić information content (AvgIpc) is 2.21. The highest BCUT2D eigenvalue weighted by Crippen LogP contribution is 2.27. The fourth-order valence-corrected chi connectivity index (χ4v) is 1.80. The quantitative estimate of drug-likeness (QED) is 0.730. The molecule has 1 aliphatic heterocycles. The van der Waals surface area contributed by atoms with Crippen molar-refractivity contribution in [3.05, 3.63) is 23.8 Å². The minimum atomic E-state index is -0.230. The van der Waals surface area contributed by atoms with E-state index >= 15 is 0 Å². The molecule has 1 atom stereocenters. The van der Waals surface area contributed by atoms with E-state index in [9.17, 15) is 4.79 Å². The zero-order valence-corrected chi connectivity index (χ0v) is 11.6. The summed E-state index contributed by atoms with van der Waals surface area (Å²) in [6.45, 7) is 10.1. The molecule has 0 aromatic heterocycles. The van der Waals surface area contributed by atoms with Gasteiger partial charge >= 0.3 is 0 Å². The zero-order chi connectivity index (χ0) is 13.1. The van der Waals surface area contributed by atoms with E-state index in [1.54, 1.807) is 6.92 Å². The second kappa shape index (κ2) is 4.99. The summed E-state index contributed by atoms with van der Waals surface area (Å²) in [5.41, 5.74) is 0.832. The summed E-state index contributed by atoms with van der Waals surface area (Å²) >= 11 is 0. The highest BCUT2D eigenvalue weighted by atomic mass is 16.1. The first-order valence-corrected chi connectivity index (χ1v) is 6.23. The van der Waals surface area contributed by atoms with Gasteiger partial charge in [-0.15, -0.1) is 0 Å². The largest absolute Gasteiger partial charge is 0.300 e. The molecule has 94 valence electrons. The number of carbonyl (C=O) groups excluding carboxylic acids is 1. The number of aliphatic imine (C=N–C) groups is 1. The number of allylic oxidation sites excluding steroid dienone is 3. The first-order chi connectivity index (χ1) is 7.76. The summed E-state index contributed by atoms with van der Waals surface area (Å²) in [6.07, 6.45) is 9.85. The fourth-order valence-electron chi connectivity index (χ4n) is 1.80. The Morgan fingerprint density at radius 3 is 2.53 bits per heavy atom. The van der Waals surface area contributed by atoms with Gasteiger partial charge in [0.2, 0.25) is 0 Å². The van der Waals surface area contributed by atoms with Gasteiger partial charge in [0.25, 0.3) is 0 Å². The van der Waals surface area contributed by atoms with E-state index in [1.165, 1.54) is 0 Å². The maximum atomic E-state index is 11.2. The first-order valence-electron chi connectivity index (χ1n) is 6.23. The molecule has 1 heterocycles. The van der Waals surface area contributed by atoms with Crippen LogP contribution in [0.5, 0.6) is 0 Å². The van der Waals surface area contributed by atoms with Crippen molar-refractivity contribution in [1.29, 1.82) is 0 Å². The van der Waals surface area contributed by atoms with Crippen molar-refractivity contribution in [3.8, 4) is 0 Å². The summed E-state index contributed by atoms with van der Waals surface area (Å²) in [5, 5.41) is 0. The van der Waals surface area contributed by atoms with Crippen LogP contribution in [-0.4, -0.2) is 17.5 Å². The SMILES string of the molecule is CCC1(C)C=CC(CC(C)=O)=CC(C)(C)N=C1. The van der Waals surface area contributed by atoms with Crippen molar-refractivity contribution in [2.75, 3.05) is 0 Å². The van der Waals surface area contributed by atoms with Gasteiger partial charge in [0.1, 0.15) is 5.78 Å². The molecule has 0 radical (unpaired) electrons. The summed E-state index contributed by atoms with van der Waals surface area (Å²) in [6, 6.07) is 0. The minimum Gasteiger partial charge on any atom is -0.300 e. The first kappa shape index (κ1) is 13.9. The molecule has 0 saturated carbocycles. The number of Topliss-reactive ketones (excluding diaryl/α,β-unsaturated/α-hetero) is 1. The van der Waals surface area contributed by atoms with E-state index in [1.807, 2.05) is 6.21 Å². The van der Waals surface area contributed by atoms with E-state index in [0.717, 1.165) is 12.0 Å². The molecule has 1 aliphatic rings. The molecule has 0 aliphatic carbocycles. The van der Waals surface area contributed by atoms with E-state index in [-0.39, 0.29) is 16.7 Å². The van der Waals surface area contributed by atoms with Crippen molar-refractivity contribution in [1.82, 2.24) is 0 Å². The molecule has 0 saturated heterocycles. The molecule has 0 N–H and O–H groups in total. The van der Waals surface area contributed by atoms with Crippen LogP contribution < -0.4 is 0 Å². The Morgan fingerprint density at radius 1 is 1.35 bits per heavy atom. The summed E-state index contributed by atoms with van der Waals surface area (Å²) in [4.78, 5) is 15.9. The van der Waals surface area contributed by atoms with Crippen LogP contribution in [0.3, 0.4) is 0 Å². The van der Waals surface area contributed by atoms with Gasteiger partial charge in [-0.2, -0.15) is 0 Å². The standard InChI is InChI=1S/C15H23NO/c1-6-15(5)8-7-13(9-12(2)17)10-14(3,4)16-11-15/h7-8,10-11H,6,9H2,1-5H3. The predicted octanol–water partition coefficient (Wildman–Crippen LogP) is 3.73. The van der Waals surface area contributed by atoms with E-state index < -0.39 is 0 Å². The third-order valence-corrected chi connectivity index (χ3v) is 3.12. The predicted molar refractivity (Wildman–Crippen MR) is 73.5 cm³/mol. The van der Waals surface area contributed by atoms with Crippen molar-refractivity contribution >= 4 is 12.0 Å². The molecule has 0 aromatic rings. The molecule has 0 spiro atoms. The third kappa shape index (κ3) is 4.29.